The van der Waals surface area contributed by atoms with Crippen LogP contribution in [0.2, 0.25) is 0 Å². The molecule has 0 saturated carbocycles. The number of carbonyl (C=O) groups is 2. The van der Waals surface area contributed by atoms with Crippen LogP contribution in [-0.2, 0) is 20.7 Å². The quantitative estimate of drug-likeness (QED) is 0.825. The average Bonchev–Trinajstić information content (AvgIpc) is 2.74. The normalized spacial score (nSPS) is 17.7. The van der Waals surface area contributed by atoms with Crippen LogP contribution in [0.3, 0.4) is 0 Å². The molecule has 2 N–H and O–H groups in total. The van der Waals surface area contributed by atoms with Gasteiger partial charge in [-0.3, -0.25) is 9.59 Å². The SMILES string of the molecule is CCc1ccc(N2CCO[C@H]([C@@H](O)C(=O)Nc3ccc(C#N)cc3)C2=O)cc1. The van der Waals surface area contributed by atoms with Gasteiger partial charge in [-0.05, 0) is 48.4 Å². The van der Waals surface area contributed by atoms with E-state index in [1.54, 1.807) is 24.3 Å². The highest BCUT2D eigenvalue weighted by Gasteiger charge is 2.39. The second kappa shape index (κ2) is 8.65. The number of ether oxygens (including phenoxy) is 1. The van der Waals surface area contributed by atoms with Crippen LogP contribution in [0.4, 0.5) is 11.4 Å². The molecule has 1 heterocycles. The van der Waals surface area contributed by atoms with Crippen LogP contribution in [0, 0.1) is 11.3 Å². The number of morpholine rings is 1. The Hall–Kier alpha value is -3.21. The van der Waals surface area contributed by atoms with Crippen molar-refractivity contribution in [2.45, 2.75) is 25.6 Å². The molecule has 2 aromatic rings. The Balaban J connectivity index is 1.69. The first-order valence-electron chi connectivity index (χ1n) is 9.04. The number of hydrogen-bond acceptors (Lipinski definition) is 5. The zero-order valence-corrected chi connectivity index (χ0v) is 15.5. The third-order valence-electron chi connectivity index (χ3n) is 4.61. The van der Waals surface area contributed by atoms with Crippen molar-refractivity contribution >= 4 is 23.2 Å². The lowest BCUT2D eigenvalue weighted by atomic mass is 10.1. The van der Waals surface area contributed by atoms with Crippen molar-refractivity contribution in [3.8, 4) is 6.07 Å². The van der Waals surface area contributed by atoms with Crippen LogP contribution in [0.25, 0.3) is 0 Å². The maximum Gasteiger partial charge on any atom is 0.259 e. The molecule has 1 saturated heterocycles. The van der Waals surface area contributed by atoms with Crippen molar-refractivity contribution in [1.82, 2.24) is 0 Å². The monoisotopic (exact) mass is 379 g/mol. The van der Waals surface area contributed by atoms with Crippen LogP contribution >= 0.6 is 0 Å². The number of anilines is 2. The minimum atomic E-state index is -1.65. The fraction of sp³-hybridized carbons (Fsp3) is 0.286. The van der Waals surface area contributed by atoms with Crippen molar-refractivity contribution in [2.24, 2.45) is 0 Å². The number of amides is 2. The summed E-state index contributed by atoms with van der Waals surface area (Å²) < 4.78 is 5.40. The number of aliphatic hydroxyl groups excluding tert-OH is 1. The zero-order chi connectivity index (χ0) is 20.1. The van der Waals surface area contributed by atoms with Gasteiger partial charge in [0.05, 0.1) is 18.2 Å². The number of hydrogen-bond donors (Lipinski definition) is 2. The summed E-state index contributed by atoms with van der Waals surface area (Å²) in [4.78, 5) is 26.7. The second-order valence-electron chi connectivity index (χ2n) is 6.42. The molecule has 0 aromatic heterocycles. The molecule has 0 bridgehead atoms. The van der Waals surface area contributed by atoms with Crippen molar-refractivity contribution in [3.63, 3.8) is 0 Å². The molecule has 0 radical (unpaired) electrons. The first kappa shape index (κ1) is 19.5. The van der Waals surface area contributed by atoms with Crippen LogP contribution in [-0.4, -0.2) is 42.3 Å². The van der Waals surface area contributed by atoms with E-state index in [1.807, 2.05) is 37.3 Å². The third kappa shape index (κ3) is 4.19. The first-order valence-corrected chi connectivity index (χ1v) is 9.04. The number of aliphatic hydroxyl groups is 1. The molecule has 28 heavy (non-hydrogen) atoms. The van der Waals surface area contributed by atoms with Crippen molar-refractivity contribution in [3.05, 3.63) is 59.7 Å². The number of nitrogens with zero attached hydrogens (tertiary/aromatic N) is 2. The summed E-state index contributed by atoms with van der Waals surface area (Å²) in [7, 11) is 0. The van der Waals surface area contributed by atoms with E-state index >= 15 is 0 Å². The highest BCUT2D eigenvalue weighted by molar-refractivity contribution is 6.03. The number of nitriles is 1. The maximum atomic E-state index is 12.8. The summed E-state index contributed by atoms with van der Waals surface area (Å²) in [5.41, 5.74) is 2.73. The van der Waals surface area contributed by atoms with Crippen LogP contribution in [0.5, 0.6) is 0 Å². The second-order valence-corrected chi connectivity index (χ2v) is 6.42. The lowest BCUT2D eigenvalue weighted by molar-refractivity contribution is -0.150. The number of rotatable bonds is 5. The molecule has 1 aliphatic heterocycles. The summed E-state index contributed by atoms with van der Waals surface area (Å²) in [6.07, 6.45) is -2.03. The van der Waals surface area contributed by atoms with E-state index in [9.17, 15) is 14.7 Å². The van der Waals surface area contributed by atoms with Gasteiger partial charge >= 0.3 is 0 Å². The maximum absolute atomic E-state index is 12.8. The van der Waals surface area contributed by atoms with Gasteiger partial charge in [-0.25, -0.2) is 0 Å². The Morgan fingerprint density at radius 2 is 1.96 bits per heavy atom. The van der Waals surface area contributed by atoms with E-state index < -0.39 is 24.0 Å². The highest BCUT2D eigenvalue weighted by Crippen LogP contribution is 2.22. The van der Waals surface area contributed by atoms with E-state index in [-0.39, 0.29) is 6.61 Å². The fourth-order valence-electron chi connectivity index (χ4n) is 2.98. The van der Waals surface area contributed by atoms with E-state index in [0.29, 0.717) is 23.5 Å². The van der Waals surface area contributed by atoms with Gasteiger partial charge in [0.1, 0.15) is 0 Å². The van der Waals surface area contributed by atoms with Gasteiger partial charge in [-0.1, -0.05) is 19.1 Å². The van der Waals surface area contributed by atoms with Gasteiger partial charge in [0.25, 0.3) is 11.8 Å². The number of nitrogens with one attached hydrogen (secondary N) is 1. The summed E-state index contributed by atoms with van der Waals surface area (Å²) in [5, 5.41) is 21.7. The topological polar surface area (TPSA) is 103 Å². The summed E-state index contributed by atoms with van der Waals surface area (Å²) in [5.74, 6) is -1.20. The molecule has 1 fully saturated rings. The smallest absolute Gasteiger partial charge is 0.259 e. The summed E-state index contributed by atoms with van der Waals surface area (Å²) in [6.45, 7) is 2.62. The van der Waals surface area contributed by atoms with E-state index in [4.69, 9.17) is 10.00 Å². The van der Waals surface area contributed by atoms with Crippen molar-refractivity contribution in [1.29, 1.82) is 5.26 Å². The molecule has 7 heteroatoms. The van der Waals surface area contributed by atoms with Gasteiger partial charge in [0, 0.05) is 17.9 Å². The molecule has 3 rings (SSSR count). The molecule has 7 nitrogen and oxygen atoms in total. The minimum Gasteiger partial charge on any atom is -0.380 e. The van der Waals surface area contributed by atoms with E-state index in [1.165, 1.54) is 4.90 Å². The molecular formula is C21H21N3O4. The van der Waals surface area contributed by atoms with Crippen molar-refractivity contribution < 1.29 is 19.4 Å². The molecule has 144 valence electrons. The Morgan fingerprint density at radius 3 is 2.57 bits per heavy atom. The molecule has 0 aliphatic carbocycles. The molecular weight excluding hydrogens is 358 g/mol. The predicted molar refractivity (Wildman–Crippen MR) is 104 cm³/mol. The molecule has 0 spiro atoms. The lowest BCUT2D eigenvalue weighted by Gasteiger charge is -2.34. The summed E-state index contributed by atoms with van der Waals surface area (Å²) in [6, 6.07) is 15.8. The Labute approximate surface area is 163 Å². The lowest BCUT2D eigenvalue weighted by Crippen LogP contribution is -2.55. The van der Waals surface area contributed by atoms with Crippen LogP contribution in [0.1, 0.15) is 18.1 Å². The highest BCUT2D eigenvalue weighted by atomic mass is 16.5. The largest absolute Gasteiger partial charge is 0.380 e. The standard InChI is InChI=1S/C21H21N3O4/c1-2-14-5-9-17(10-6-14)24-11-12-28-19(21(24)27)18(25)20(26)23-16-7-3-15(13-22)4-8-16/h3-10,18-19,25H,2,11-12H2,1H3,(H,23,26)/t18-,19-/m1/s1. The van der Waals surface area contributed by atoms with Gasteiger partial charge in [0.2, 0.25) is 0 Å². The number of carbonyl (C=O) groups excluding carboxylic acids is 2. The Bertz CT molecular complexity index is 887. The zero-order valence-electron chi connectivity index (χ0n) is 15.5. The molecule has 2 amide bonds. The van der Waals surface area contributed by atoms with Gasteiger partial charge in [-0.2, -0.15) is 5.26 Å². The van der Waals surface area contributed by atoms with Gasteiger partial charge in [-0.15, -0.1) is 0 Å². The molecule has 2 atom stereocenters. The van der Waals surface area contributed by atoms with Crippen LogP contribution < -0.4 is 10.2 Å². The van der Waals surface area contributed by atoms with E-state index in [0.717, 1.165) is 12.0 Å². The van der Waals surface area contributed by atoms with Crippen molar-refractivity contribution in [2.75, 3.05) is 23.4 Å². The molecule has 0 unspecified atom stereocenters. The predicted octanol–water partition coefficient (Wildman–Crippen LogP) is 1.85. The number of aryl methyl sites for hydroxylation is 1. The van der Waals surface area contributed by atoms with Gasteiger partial charge < -0.3 is 20.1 Å². The fourth-order valence-corrected chi connectivity index (χ4v) is 2.98. The molecule has 2 aromatic carbocycles. The minimum absolute atomic E-state index is 0.215. The van der Waals surface area contributed by atoms with Gasteiger partial charge in [0.15, 0.2) is 12.2 Å². The Kier molecular flexibility index (Phi) is 6.04. The third-order valence-corrected chi connectivity index (χ3v) is 4.61. The van der Waals surface area contributed by atoms with Crippen LogP contribution in [0.15, 0.2) is 48.5 Å². The summed E-state index contributed by atoms with van der Waals surface area (Å²) >= 11 is 0. The first-order chi connectivity index (χ1) is 13.5. The van der Waals surface area contributed by atoms with E-state index in [2.05, 4.69) is 5.32 Å². The molecule has 1 aliphatic rings. The average molecular weight is 379 g/mol. The number of benzene rings is 2. The Morgan fingerprint density at radius 1 is 1.29 bits per heavy atom.